The second-order valence-electron chi connectivity index (χ2n) is 8.16. The number of hydrogen-bond donors (Lipinski definition) is 1. The number of carbonyl (C=O) groups is 1. The second kappa shape index (κ2) is 9.22. The maximum absolute atomic E-state index is 12.1. The minimum absolute atomic E-state index is 0.0273. The molecule has 1 saturated carbocycles. The lowest BCUT2D eigenvalue weighted by atomic mass is 9.87. The molecule has 2 aliphatic rings. The van der Waals surface area contributed by atoms with Gasteiger partial charge in [0.25, 0.3) is 0 Å². The number of hydrogen-bond acceptors (Lipinski definition) is 7. The molecular weight excluding hydrogens is 426 g/mol. The van der Waals surface area contributed by atoms with Gasteiger partial charge in [0.1, 0.15) is 16.9 Å². The van der Waals surface area contributed by atoms with Crippen molar-refractivity contribution in [3.05, 3.63) is 45.4 Å². The number of aliphatic hydroxyl groups excluding tert-OH is 1. The largest absolute Gasteiger partial charge is 0.493 e. The zero-order valence-electron chi connectivity index (χ0n) is 17.0. The molecule has 1 saturated heterocycles. The summed E-state index contributed by atoms with van der Waals surface area (Å²) in [6, 6.07) is 7.24. The Hall–Kier alpha value is -1.67. The van der Waals surface area contributed by atoms with E-state index in [0.717, 1.165) is 23.6 Å². The summed E-state index contributed by atoms with van der Waals surface area (Å²) in [5, 5.41) is 13.8. The summed E-state index contributed by atoms with van der Waals surface area (Å²) < 4.78 is 17.4. The average Bonchev–Trinajstić information content (AvgIpc) is 3.31. The summed E-state index contributed by atoms with van der Waals surface area (Å²) in [5.74, 6) is 0.610. The maximum atomic E-state index is 12.1. The van der Waals surface area contributed by atoms with E-state index in [2.05, 4.69) is 4.98 Å². The fourth-order valence-corrected chi connectivity index (χ4v) is 5.25. The summed E-state index contributed by atoms with van der Waals surface area (Å²) >= 11 is 7.34. The molecule has 6 nitrogen and oxygen atoms in total. The molecule has 0 bridgehead atoms. The lowest BCUT2D eigenvalue weighted by Crippen LogP contribution is -2.33. The van der Waals surface area contributed by atoms with Gasteiger partial charge >= 0.3 is 5.97 Å². The van der Waals surface area contributed by atoms with Gasteiger partial charge in [0.2, 0.25) is 0 Å². The number of aromatic nitrogens is 1. The van der Waals surface area contributed by atoms with Crippen LogP contribution in [0, 0.1) is 11.8 Å². The monoisotopic (exact) mass is 451 g/mol. The molecule has 0 radical (unpaired) electrons. The predicted molar refractivity (Wildman–Crippen MR) is 114 cm³/mol. The van der Waals surface area contributed by atoms with Crippen LogP contribution in [0.4, 0.5) is 0 Å². The number of fused-ring (bicyclic) bond motifs is 1. The summed E-state index contributed by atoms with van der Waals surface area (Å²) in [4.78, 5) is 16.5. The van der Waals surface area contributed by atoms with Gasteiger partial charge in [-0.1, -0.05) is 11.6 Å². The first-order valence-electron chi connectivity index (χ1n) is 10.3. The van der Waals surface area contributed by atoms with Crippen molar-refractivity contribution in [2.75, 3.05) is 6.61 Å². The highest BCUT2D eigenvalue weighted by Crippen LogP contribution is 2.46. The van der Waals surface area contributed by atoms with Crippen LogP contribution in [0.1, 0.15) is 54.7 Å². The normalized spacial score (nSPS) is 28.4. The number of benzene rings is 1. The number of aliphatic hydroxyl groups is 1. The Morgan fingerprint density at radius 1 is 1.33 bits per heavy atom. The number of esters is 1. The zero-order valence-corrected chi connectivity index (χ0v) is 18.6. The van der Waals surface area contributed by atoms with Crippen molar-refractivity contribution < 1.29 is 24.1 Å². The summed E-state index contributed by atoms with van der Waals surface area (Å²) in [6.45, 7) is 4.07. The van der Waals surface area contributed by atoms with E-state index in [-0.39, 0.29) is 30.1 Å². The second-order valence-corrected chi connectivity index (χ2v) is 9.49. The van der Waals surface area contributed by atoms with Gasteiger partial charge in [0.05, 0.1) is 24.9 Å². The Kier molecular flexibility index (Phi) is 6.63. The molecule has 30 heavy (non-hydrogen) atoms. The van der Waals surface area contributed by atoms with Crippen LogP contribution in [-0.2, 0) is 9.47 Å². The van der Waals surface area contributed by atoms with Gasteiger partial charge in [-0.25, -0.2) is 9.78 Å². The molecule has 8 heteroatoms. The molecule has 162 valence electrons. The highest BCUT2D eigenvalue weighted by molar-refractivity contribution is 7.09. The van der Waals surface area contributed by atoms with E-state index in [1.54, 1.807) is 17.5 Å². The molecule has 0 spiro atoms. The molecule has 5 atom stereocenters. The zero-order chi connectivity index (χ0) is 21.3. The fraction of sp³-hybridized carbons (Fsp3) is 0.545. The first-order chi connectivity index (χ1) is 14.4. The van der Waals surface area contributed by atoms with Crippen LogP contribution in [0.2, 0.25) is 5.02 Å². The van der Waals surface area contributed by atoms with Crippen molar-refractivity contribution in [3.8, 4) is 5.75 Å². The quantitative estimate of drug-likeness (QED) is 0.643. The molecule has 0 unspecified atom stereocenters. The van der Waals surface area contributed by atoms with E-state index in [0.29, 0.717) is 23.7 Å². The van der Waals surface area contributed by atoms with Crippen molar-refractivity contribution in [3.63, 3.8) is 0 Å². The first kappa shape index (κ1) is 21.6. The van der Waals surface area contributed by atoms with Gasteiger partial charge in [-0.05, 0) is 56.9 Å². The summed E-state index contributed by atoms with van der Waals surface area (Å²) in [6.07, 6.45) is 1.49. The Labute approximate surface area is 185 Å². The average molecular weight is 452 g/mol. The number of rotatable bonds is 6. The molecule has 1 aromatic heterocycles. The SMILES string of the molecule is CC(C)OC(=O)c1csc([C@H]2CC[C@@H]3[C@@H](COc4ccc(Cl)cc4)[C@H](O)C[C@@H]3O2)n1. The van der Waals surface area contributed by atoms with Crippen LogP contribution in [-0.4, -0.2) is 41.0 Å². The van der Waals surface area contributed by atoms with E-state index >= 15 is 0 Å². The molecule has 0 amide bonds. The minimum atomic E-state index is -0.459. The number of carbonyl (C=O) groups excluding carboxylic acids is 1. The third-order valence-corrected chi connectivity index (χ3v) is 6.89. The van der Waals surface area contributed by atoms with Gasteiger partial charge in [0, 0.05) is 22.7 Å². The highest BCUT2D eigenvalue weighted by atomic mass is 35.5. The fourth-order valence-electron chi connectivity index (χ4n) is 4.27. The van der Waals surface area contributed by atoms with E-state index in [1.807, 2.05) is 26.0 Å². The summed E-state index contributed by atoms with van der Waals surface area (Å²) in [7, 11) is 0. The number of nitrogens with zero attached hydrogens (tertiary/aromatic N) is 1. The number of ether oxygens (including phenoxy) is 3. The predicted octanol–water partition coefficient (Wildman–Crippen LogP) is 4.66. The summed E-state index contributed by atoms with van der Waals surface area (Å²) in [5.41, 5.74) is 0.329. The molecule has 2 aromatic rings. The van der Waals surface area contributed by atoms with Crippen LogP contribution in [0.25, 0.3) is 0 Å². The molecular formula is C22H26ClNO5S. The Morgan fingerprint density at radius 2 is 2.10 bits per heavy atom. The van der Waals surface area contributed by atoms with Gasteiger partial charge in [-0.15, -0.1) is 11.3 Å². The molecule has 1 aromatic carbocycles. The molecule has 1 N–H and O–H groups in total. The van der Waals surface area contributed by atoms with Gasteiger partial charge < -0.3 is 19.3 Å². The highest BCUT2D eigenvalue weighted by Gasteiger charge is 2.47. The maximum Gasteiger partial charge on any atom is 0.358 e. The van der Waals surface area contributed by atoms with Gasteiger partial charge in [0.15, 0.2) is 5.69 Å². The third kappa shape index (κ3) is 4.80. The number of halogens is 1. The topological polar surface area (TPSA) is 77.9 Å². The van der Waals surface area contributed by atoms with Crippen LogP contribution in [0.3, 0.4) is 0 Å². The van der Waals surface area contributed by atoms with E-state index in [4.69, 9.17) is 25.8 Å². The molecule has 2 fully saturated rings. The van der Waals surface area contributed by atoms with Crippen LogP contribution < -0.4 is 4.74 Å². The van der Waals surface area contributed by atoms with Gasteiger partial charge in [-0.3, -0.25) is 0 Å². The van der Waals surface area contributed by atoms with E-state index in [9.17, 15) is 9.90 Å². The van der Waals surface area contributed by atoms with Crippen molar-refractivity contribution in [2.45, 2.75) is 57.5 Å². The standard InChI is InChI=1S/C22H26ClNO5S/c1-12(2)28-22(26)17-11-30-21(24-17)19-8-7-15-16(18(25)9-20(15)29-19)10-27-14-5-3-13(23)4-6-14/h3-6,11-12,15-16,18-20,25H,7-10H2,1-2H3/t15-,16-,18-,19-,20+/m1/s1. The van der Waals surface area contributed by atoms with E-state index < -0.39 is 12.1 Å². The van der Waals surface area contributed by atoms with Crippen LogP contribution in [0.5, 0.6) is 5.75 Å². The van der Waals surface area contributed by atoms with Crippen molar-refractivity contribution in [1.29, 1.82) is 0 Å². The van der Waals surface area contributed by atoms with Crippen molar-refractivity contribution in [1.82, 2.24) is 4.98 Å². The Balaban J connectivity index is 1.35. The van der Waals surface area contributed by atoms with E-state index in [1.165, 1.54) is 11.3 Å². The molecule has 1 aliphatic heterocycles. The van der Waals surface area contributed by atoms with Crippen molar-refractivity contribution >= 4 is 28.9 Å². The molecule has 2 heterocycles. The first-order valence-corrected chi connectivity index (χ1v) is 11.5. The van der Waals surface area contributed by atoms with Crippen LogP contribution in [0.15, 0.2) is 29.6 Å². The lowest BCUT2D eigenvalue weighted by molar-refractivity contribution is -0.0812. The number of thiazole rings is 1. The molecule has 1 aliphatic carbocycles. The van der Waals surface area contributed by atoms with Crippen LogP contribution >= 0.6 is 22.9 Å². The Bertz CT molecular complexity index is 871. The third-order valence-electron chi connectivity index (χ3n) is 5.70. The lowest BCUT2D eigenvalue weighted by Gasteiger charge is -2.33. The Morgan fingerprint density at radius 3 is 2.83 bits per heavy atom. The minimum Gasteiger partial charge on any atom is -0.493 e. The van der Waals surface area contributed by atoms with Crippen molar-refractivity contribution in [2.24, 2.45) is 11.8 Å². The molecule has 4 rings (SSSR count). The van der Waals surface area contributed by atoms with Gasteiger partial charge in [-0.2, -0.15) is 0 Å². The smallest absolute Gasteiger partial charge is 0.358 e.